The van der Waals surface area contributed by atoms with Crippen molar-refractivity contribution in [3.63, 3.8) is 0 Å². The summed E-state index contributed by atoms with van der Waals surface area (Å²) in [7, 11) is 0. The summed E-state index contributed by atoms with van der Waals surface area (Å²) in [6.07, 6.45) is 14.3. The first kappa shape index (κ1) is 19.9. The molecule has 4 rings (SSSR count). The first-order valence-corrected chi connectivity index (χ1v) is 10.3. The normalized spacial score (nSPS) is 14.5. The van der Waals surface area contributed by atoms with E-state index in [2.05, 4.69) is 32.6 Å². The van der Waals surface area contributed by atoms with Crippen LogP contribution in [-0.4, -0.2) is 43.8 Å². The average Bonchev–Trinajstić information content (AvgIpc) is 2.80. The number of nitrogens with zero attached hydrogens (tertiary/aromatic N) is 5. The average molecular weight is 399 g/mol. The van der Waals surface area contributed by atoms with Crippen LogP contribution in [0.4, 0.5) is 0 Å². The van der Waals surface area contributed by atoms with Crippen molar-refractivity contribution in [2.24, 2.45) is 5.92 Å². The molecule has 0 saturated carbocycles. The van der Waals surface area contributed by atoms with Crippen LogP contribution in [0.25, 0.3) is 11.1 Å². The Morgan fingerprint density at radius 2 is 1.87 bits per heavy atom. The summed E-state index contributed by atoms with van der Waals surface area (Å²) < 4.78 is 0. The van der Waals surface area contributed by atoms with E-state index in [1.807, 2.05) is 47.9 Å². The molecule has 6 nitrogen and oxygen atoms in total. The van der Waals surface area contributed by atoms with Gasteiger partial charge in [0, 0.05) is 67.3 Å². The molecule has 0 aliphatic carbocycles. The monoisotopic (exact) mass is 399 g/mol. The number of hydrogen-bond acceptors (Lipinski definition) is 5. The first-order chi connectivity index (χ1) is 14.7. The van der Waals surface area contributed by atoms with E-state index in [0.717, 1.165) is 55.0 Å². The summed E-state index contributed by atoms with van der Waals surface area (Å²) in [5.74, 6) is 1.35. The van der Waals surface area contributed by atoms with Gasteiger partial charge >= 0.3 is 0 Å². The summed E-state index contributed by atoms with van der Waals surface area (Å²) in [5.41, 5.74) is 4.14. The fraction of sp³-hybridized carbons (Fsp3) is 0.292. The van der Waals surface area contributed by atoms with Crippen LogP contribution in [0.3, 0.4) is 0 Å². The van der Waals surface area contributed by atoms with Gasteiger partial charge in [0.15, 0.2) is 0 Å². The molecule has 1 saturated heterocycles. The lowest BCUT2D eigenvalue weighted by molar-refractivity contribution is -0.127. The number of piperidine rings is 1. The van der Waals surface area contributed by atoms with E-state index in [0.29, 0.717) is 12.3 Å². The van der Waals surface area contributed by atoms with Crippen molar-refractivity contribution in [2.45, 2.75) is 25.7 Å². The van der Waals surface area contributed by atoms with E-state index in [1.54, 1.807) is 6.20 Å². The van der Waals surface area contributed by atoms with Crippen LogP contribution in [0.15, 0.2) is 67.9 Å². The molecule has 30 heavy (non-hydrogen) atoms. The van der Waals surface area contributed by atoms with Crippen LogP contribution >= 0.6 is 0 Å². The summed E-state index contributed by atoms with van der Waals surface area (Å²) >= 11 is 0. The maximum absolute atomic E-state index is 11.7. The Morgan fingerprint density at radius 3 is 2.57 bits per heavy atom. The predicted octanol–water partition coefficient (Wildman–Crippen LogP) is 3.49. The van der Waals surface area contributed by atoms with Crippen LogP contribution in [0, 0.1) is 5.92 Å². The molecule has 0 spiro atoms. The molecule has 0 aromatic carbocycles. The fourth-order valence-corrected chi connectivity index (χ4v) is 3.84. The van der Waals surface area contributed by atoms with Crippen LogP contribution in [0.2, 0.25) is 0 Å². The summed E-state index contributed by atoms with van der Waals surface area (Å²) in [5, 5.41) is 0. The summed E-state index contributed by atoms with van der Waals surface area (Å²) in [6.45, 7) is 5.17. The third-order valence-electron chi connectivity index (χ3n) is 5.52. The molecule has 0 bridgehead atoms. The molecular weight excluding hydrogens is 374 g/mol. The minimum absolute atomic E-state index is 0.0311. The fourth-order valence-electron chi connectivity index (χ4n) is 3.84. The Bertz CT molecular complexity index is 996. The van der Waals surface area contributed by atoms with Gasteiger partial charge in [-0.15, -0.1) is 0 Å². The van der Waals surface area contributed by atoms with Crippen molar-refractivity contribution < 1.29 is 4.79 Å². The molecule has 0 radical (unpaired) electrons. The molecule has 6 heteroatoms. The molecular formula is C24H25N5O. The maximum atomic E-state index is 11.7. The number of carbonyl (C=O) groups is 1. The van der Waals surface area contributed by atoms with Gasteiger partial charge in [-0.05, 0) is 55.0 Å². The maximum Gasteiger partial charge on any atom is 0.245 e. The number of rotatable bonds is 6. The summed E-state index contributed by atoms with van der Waals surface area (Å²) in [6, 6.07) is 8.01. The molecule has 1 aliphatic heterocycles. The molecule has 1 fully saturated rings. The predicted molar refractivity (Wildman–Crippen MR) is 116 cm³/mol. The molecule has 3 aromatic heterocycles. The van der Waals surface area contributed by atoms with E-state index in [9.17, 15) is 4.79 Å². The van der Waals surface area contributed by atoms with Crippen molar-refractivity contribution in [3.05, 3.63) is 85.0 Å². The Kier molecular flexibility index (Phi) is 6.23. The Labute approximate surface area is 176 Å². The number of carbonyl (C=O) groups excluding carboxylic acids is 1. The number of amides is 1. The largest absolute Gasteiger partial charge is 0.339 e. The zero-order chi connectivity index (χ0) is 20.8. The highest BCUT2D eigenvalue weighted by Crippen LogP contribution is 2.24. The van der Waals surface area contributed by atoms with Gasteiger partial charge in [0.1, 0.15) is 5.82 Å². The Hall–Kier alpha value is -3.41. The van der Waals surface area contributed by atoms with Crippen molar-refractivity contribution in [1.29, 1.82) is 0 Å². The smallest absolute Gasteiger partial charge is 0.245 e. The van der Waals surface area contributed by atoms with Gasteiger partial charge in [-0.1, -0.05) is 12.6 Å². The summed E-state index contributed by atoms with van der Waals surface area (Å²) in [4.78, 5) is 31.4. The van der Waals surface area contributed by atoms with E-state index in [-0.39, 0.29) is 5.91 Å². The van der Waals surface area contributed by atoms with Crippen molar-refractivity contribution in [1.82, 2.24) is 24.8 Å². The van der Waals surface area contributed by atoms with Gasteiger partial charge in [-0.3, -0.25) is 14.8 Å². The van der Waals surface area contributed by atoms with Gasteiger partial charge in [0.05, 0.1) is 0 Å². The minimum Gasteiger partial charge on any atom is -0.339 e. The molecule has 0 unspecified atom stereocenters. The second-order valence-corrected chi connectivity index (χ2v) is 7.64. The Morgan fingerprint density at radius 1 is 1.07 bits per heavy atom. The van der Waals surface area contributed by atoms with Crippen LogP contribution in [0.5, 0.6) is 0 Å². The van der Waals surface area contributed by atoms with Crippen molar-refractivity contribution in [2.75, 3.05) is 13.1 Å². The lowest BCUT2D eigenvalue weighted by Crippen LogP contribution is -2.37. The lowest BCUT2D eigenvalue weighted by atomic mass is 9.90. The Balaban J connectivity index is 1.38. The minimum atomic E-state index is 0.0311. The van der Waals surface area contributed by atoms with Crippen LogP contribution in [0.1, 0.15) is 29.9 Å². The molecule has 0 atom stereocenters. The van der Waals surface area contributed by atoms with Crippen LogP contribution < -0.4 is 0 Å². The van der Waals surface area contributed by atoms with Gasteiger partial charge in [-0.25, -0.2) is 9.97 Å². The van der Waals surface area contributed by atoms with Crippen molar-refractivity contribution >= 4 is 5.91 Å². The first-order valence-electron chi connectivity index (χ1n) is 10.3. The van der Waals surface area contributed by atoms with E-state index in [4.69, 9.17) is 0 Å². The second-order valence-electron chi connectivity index (χ2n) is 7.64. The topological polar surface area (TPSA) is 71.9 Å². The lowest BCUT2D eigenvalue weighted by Gasteiger charge is -2.31. The van der Waals surface area contributed by atoms with E-state index in [1.165, 1.54) is 11.6 Å². The van der Waals surface area contributed by atoms with Gasteiger partial charge in [0.2, 0.25) is 5.91 Å². The zero-order valence-corrected chi connectivity index (χ0v) is 16.9. The molecule has 1 amide bonds. The third kappa shape index (κ3) is 4.95. The molecule has 3 aromatic rings. The SMILES string of the molecule is C=CC(=O)N1CCC(Cc2cncc(-c3cnc(Cc4ccccn4)nc3)c2)CC1. The highest BCUT2D eigenvalue weighted by Gasteiger charge is 2.21. The molecule has 4 heterocycles. The third-order valence-corrected chi connectivity index (χ3v) is 5.52. The van der Waals surface area contributed by atoms with Gasteiger partial charge in [0.25, 0.3) is 0 Å². The van der Waals surface area contributed by atoms with Crippen molar-refractivity contribution in [3.8, 4) is 11.1 Å². The van der Waals surface area contributed by atoms with Gasteiger partial charge in [-0.2, -0.15) is 0 Å². The highest BCUT2D eigenvalue weighted by atomic mass is 16.2. The molecule has 0 N–H and O–H groups in total. The number of aromatic nitrogens is 4. The standard InChI is InChI=1S/C24H25N5O/c1-2-24(30)29-9-6-18(7-10-29)11-19-12-20(15-25-14-19)21-16-27-23(28-17-21)13-22-5-3-4-8-26-22/h2-5,8,12,14-18H,1,6-7,9-11,13H2. The highest BCUT2D eigenvalue weighted by molar-refractivity contribution is 5.87. The number of hydrogen-bond donors (Lipinski definition) is 0. The van der Waals surface area contributed by atoms with E-state index < -0.39 is 0 Å². The number of likely N-dealkylation sites (tertiary alicyclic amines) is 1. The number of pyridine rings is 2. The van der Waals surface area contributed by atoms with E-state index >= 15 is 0 Å². The zero-order valence-electron chi connectivity index (χ0n) is 16.9. The second kappa shape index (κ2) is 9.39. The molecule has 152 valence electrons. The quantitative estimate of drug-likeness (QED) is 0.593. The van der Waals surface area contributed by atoms with Gasteiger partial charge < -0.3 is 4.90 Å². The van der Waals surface area contributed by atoms with Crippen LogP contribution in [-0.2, 0) is 17.6 Å². The molecule has 1 aliphatic rings.